The van der Waals surface area contributed by atoms with E-state index in [0.717, 1.165) is 19.1 Å². The number of halogens is 3. The first kappa shape index (κ1) is 17.7. The Kier molecular flexibility index (Phi) is 4.41. The lowest BCUT2D eigenvalue weighted by Gasteiger charge is -2.38. The number of hydrogen-bond donors (Lipinski definition) is 0. The van der Waals surface area contributed by atoms with Crippen molar-refractivity contribution in [1.82, 2.24) is 19.6 Å². The quantitative estimate of drug-likeness (QED) is 0.454. The average Bonchev–Trinajstić information content (AvgIpc) is 3.01. The Morgan fingerprint density at radius 2 is 2.00 bits per heavy atom. The molecule has 26 heavy (non-hydrogen) atoms. The maximum atomic E-state index is 14.7. The zero-order chi connectivity index (χ0) is 18.5. The lowest BCUT2D eigenvalue weighted by Crippen LogP contribution is -2.48. The van der Waals surface area contributed by atoms with Crippen molar-refractivity contribution in [3.63, 3.8) is 0 Å². The third kappa shape index (κ3) is 2.98. The van der Waals surface area contributed by atoms with E-state index in [1.807, 2.05) is 0 Å². The summed E-state index contributed by atoms with van der Waals surface area (Å²) in [5.41, 5.74) is 0.726. The predicted molar refractivity (Wildman–Crippen MR) is 105 cm³/mol. The molecule has 0 bridgehead atoms. The summed E-state index contributed by atoms with van der Waals surface area (Å²) in [7, 11) is -1.40. The fourth-order valence-electron chi connectivity index (χ4n) is 3.65. The van der Waals surface area contributed by atoms with Gasteiger partial charge >= 0.3 is 0 Å². The fourth-order valence-corrected chi connectivity index (χ4v) is 6.78. The molecular weight excluding hydrogens is 392 g/mol. The maximum absolute atomic E-state index is 14.7. The van der Waals surface area contributed by atoms with Gasteiger partial charge in [0.1, 0.15) is 23.1 Å². The van der Waals surface area contributed by atoms with Crippen molar-refractivity contribution >= 4 is 42.9 Å². The normalized spacial score (nSPS) is 17.0. The van der Waals surface area contributed by atoms with Crippen LogP contribution >= 0.6 is 23.2 Å². The minimum absolute atomic E-state index is 0.178. The van der Waals surface area contributed by atoms with Crippen LogP contribution < -0.4 is 4.90 Å². The monoisotopic (exact) mass is 409 g/mol. The largest absolute Gasteiger partial charge is 0.359 e. The molecule has 1 saturated heterocycles. The molecule has 1 aliphatic rings. The van der Waals surface area contributed by atoms with Crippen molar-refractivity contribution in [2.24, 2.45) is 0 Å². The lowest BCUT2D eigenvalue weighted by atomic mass is 10.1. The summed E-state index contributed by atoms with van der Waals surface area (Å²) in [5, 5.41) is 4.79. The summed E-state index contributed by atoms with van der Waals surface area (Å²) in [6.07, 6.45) is 3.45. The van der Waals surface area contributed by atoms with Crippen LogP contribution in [0.15, 0.2) is 24.5 Å². The van der Waals surface area contributed by atoms with Gasteiger partial charge in [-0.05, 0) is 18.6 Å². The van der Waals surface area contributed by atoms with Crippen LogP contribution in [-0.2, 0) is 0 Å². The van der Waals surface area contributed by atoms with E-state index in [9.17, 15) is 4.39 Å². The highest BCUT2D eigenvalue weighted by molar-refractivity contribution is 6.78. The van der Waals surface area contributed by atoms with Gasteiger partial charge in [0.15, 0.2) is 0 Å². The summed E-state index contributed by atoms with van der Waals surface area (Å²) in [6.45, 7) is 5.57. The number of nitrogens with zero attached hydrogens (tertiary/aromatic N) is 5. The van der Waals surface area contributed by atoms with E-state index >= 15 is 0 Å². The fraction of sp³-hybridized carbons (Fsp3) is 0.353. The molecule has 4 rings (SSSR count). The molecule has 0 radical (unpaired) electrons. The van der Waals surface area contributed by atoms with Crippen LogP contribution in [0.1, 0.15) is 6.42 Å². The highest BCUT2D eigenvalue weighted by atomic mass is 35.5. The highest BCUT2D eigenvalue weighted by Crippen LogP contribution is 2.42. The molecule has 136 valence electrons. The van der Waals surface area contributed by atoms with Gasteiger partial charge in [-0.25, -0.2) is 4.39 Å². The van der Waals surface area contributed by atoms with E-state index < -0.39 is 13.9 Å². The van der Waals surface area contributed by atoms with Crippen molar-refractivity contribution in [2.75, 3.05) is 17.6 Å². The van der Waals surface area contributed by atoms with Crippen molar-refractivity contribution in [1.29, 1.82) is 0 Å². The first-order chi connectivity index (χ1) is 12.4. The third-order valence-electron chi connectivity index (χ3n) is 4.77. The molecule has 0 N–H and O–H groups in total. The summed E-state index contributed by atoms with van der Waals surface area (Å²) in [5.74, 6) is 0.673. The Morgan fingerprint density at radius 3 is 2.73 bits per heavy atom. The van der Waals surface area contributed by atoms with Crippen LogP contribution in [0, 0.1) is 5.82 Å². The van der Waals surface area contributed by atoms with Gasteiger partial charge in [-0.2, -0.15) is 19.6 Å². The van der Waals surface area contributed by atoms with E-state index in [1.165, 1.54) is 18.4 Å². The molecule has 5 nitrogen and oxygen atoms in total. The number of aromatic nitrogens is 4. The van der Waals surface area contributed by atoms with Crippen LogP contribution in [0.4, 0.5) is 10.2 Å². The summed E-state index contributed by atoms with van der Waals surface area (Å²) < 4.78 is 16.4. The van der Waals surface area contributed by atoms with Gasteiger partial charge < -0.3 is 4.90 Å². The molecular formula is C17H18Cl2FN5Si. The Balaban J connectivity index is 2.02. The van der Waals surface area contributed by atoms with Crippen LogP contribution in [-0.4, -0.2) is 40.4 Å². The van der Waals surface area contributed by atoms with Crippen LogP contribution in [0.3, 0.4) is 0 Å². The van der Waals surface area contributed by atoms with Gasteiger partial charge in [-0.1, -0.05) is 48.4 Å². The van der Waals surface area contributed by atoms with Gasteiger partial charge in [0.05, 0.1) is 18.7 Å². The number of anilines is 1. The molecule has 0 aliphatic carbocycles. The molecule has 0 spiro atoms. The van der Waals surface area contributed by atoms with Crippen molar-refractivity contribution in [3.8, 4) is 11.1 Å². The zero-order valence-corrected chi connectivity index (χ0v) is 17.0. The molecule has 1 aliphatic heterocycles. The second kappa shape index (κ2) is 6.47. The molecule has 1 fully saturated rings. The molecule has 0 saturated carbocycles. The molecule has 2 aromatic heterocycles. The topological polar surface area (TPSA) is 46.3 Å². The lowest BCUT2D eigenvalue weighted by molar-refractivity contribution is 0.631. The average molecular weight is 410 g/mol. The number of rotatable bonds is 2. The number of benzene rings is 1. The minimum atomic E-state index is -1.40. The first-order valence-corrected chi connectivity index (χ1v) is 12.6. The standard InChI is InChI=1S/C17H18Cl2FN5Si/c1-26(2)8-4-7-24(10-26)16-14(13-11(18)5-3-6-12(13)20)15(19)23-17-21-9-22-25(16)17/h3,5-6,9H,4,7-8,10H2,1-2H3. The molecule has 9 heteroatoms. The molecule has 1 aromatic carbocycles. The first-order valence-electron chi connectivity index (χ1n) is 8.46. The van der Waals surface area contributed by atoms with Crippen LogP contribution in [0.25, 0.3) is 16.9 Å². The van der Waals surface area contributed by atoms with Gasteiger partial charge in [-0.3, -0.25) is 0 Å². The molecule has 3 heterocycles. The smallest absolute Gasteiger partial charge is 0.255 e. The van der Waals surface area contributed by atoms with Gasteiger partial charge in [0.25, 0.3) is 5.78 Å². The van der Waals surface area contributed by atoms with E-state index in [2.05, 4.69) is 33.1 Å². The SMILES string of the molecule is C[Si]1(C)CCCN(c2c(-c3c(F)cccc3Cl)c(Cl)nc3ncnn23)C1. The summed E-state index contributed by atoms with van der Waals surface area (Å²) >= 11 is 12.8. The molecule has 0 atom stereocenters. The number of fused-ring (bicyclic) bond motifs is 1. The Bertz CT molecular complexity index is 970. The Labute approximate surface area is 161 Å². The second-order valence-corrected chi connectivity index (χ2v) is 13.3. The maximum Gasteiger partial charge on any atom is 0.255 e. The van der Waals surface area contributed by atoms with Crippen molar-refractivity contribution in [2.45, 2.75) is 25.6 Å². The van der Waals surface area contributed by atoms with E-state index in [-0.39, 0.29) is 10.7 Å². The van der Waals surface area contributed by atoms with Crippen LogP contribution in [0.2, 0.25) is 29.3 Å². The van der Waals surface area contributed by atoms with Crippen molar-refractivity contribution in [3.05, 3.63) is 40.5 Å². The predicted octanol–water partition coefficient (Wildman–Crippen LogP) is 4.69. The minimum Gasteiger partial charge on any atom is -0.359 e. The highest BCUT2D eigenvalue weighted by Gasteiger charge is 2.33. The van der Waals surface area contributed by atoms with Crippen LogP contribution in [0.5, 0.6) is 0 Å². The summed E-state index contributed by atoms with van der Waals surface area (Å²) in [6, 6.07) is 5.87. The van der Waals surface area contributed by atoms with E-state index in [0.29, 0.717) is 22.2 Å². The van der Waals surface area contributed by atoms with Gasteiger partial charge in [0, 0.05) is 18.3 Å². The molecule has 0 amide bonds. The van der Waals surface area contributed by atoms with Gasteiger partial charge in [0.2, 0.25) is 0 Å². The van der Waals surface area contributed by atoms with Crippen molar-refractivity contribution < 1.29 is 4.39 Å². The molecule has 3 aromatic rings. The van der Waals surface area contributed by atoms with E-state index in [4.69, 9.17) is 23.2 Å². The summed E-state index contributed by atoms with van der Waals surface area (Å²) in [4.78, 5) is 10.7. The zero-order valence-electron chi connectivity index (χ0n) is 14.5. The number of hydrogen-bond acceptors (Lipinski definition) is 4. The van der Waals surface area contributed by atoms with Gasteiger partial charge in [-0.15, -0.1) is 0 Å². The van der Waals surface area contributed by atoms with E-state index in [1.54, 1.807) is 16.6 Å². The Hall–Kier alpha value is -1.70. The Morgan fingerprint density at radius 1 is 1.19 bits per heavy atom. The third-order valence-corrected chi connectivity index (χ3v) is 8.30. The second-order valence-electron chi connectivity index (χ2n) is 7.36. The molecule has 0 unspecified atom stereocenters.